The third-order valence-electron chi connectivity index (χ3n) is 3.38. The molecule has 128 valence electrons. The molecule has 0 radical (unpaired) electrons. The van der Waals surface area contributed by atoms with Gasteiger partial charge in [-0.2, -0.15) is 13.2 Å². The largest absolute Gasteiger partial charge is 0.417 e. The Hall–Kier alpha value is -1.67. The lowest BCUT2D eigenvalue weighted by Gasteiger charge is -2.18. The predicted molar refractivity (Wildman–Crippen MR) is 73.5 cm³/mol. The highest BCUT2D eigenvalue weighted by Gasteiger charge is 2.35. The SMILES string of the molecule is C[C@H](CO[C@H]1CCOC1)NC(=O)c1ccc(F)cc1C(F)(F)F. The highest BCUT2D eigenvalue weighted by molar-refractivity contribution is 5.96. The zero-order chi connectivity index (χ0) is 17.0. The van der Waals surface area contributed by atoms with Crippen molar-refractivity contribution in [2.75, 3.05) is 19.8 Å². The Bertz CT molecular complexity index is 556. The Balaban J connectivity index is 1.99. The van der Waals surface area contributed by atoms with E-state index in [1.165, 1.54) is 0 Å². The van der Waals surface area contributed by atoms with Crippen LogP contribution in [-0.4, -0.2) is 37.9 Å². The first-order chi connectivity index (χ1) is 10.8. The molecular weight excluding hydrogens is 318 g/mol. The molecule has 0 bridgehead atoms. The summed E-state index contributed by atoms with van der Waals surface area (Å²) < 4.78 is 62.3. The van der Waals surface area contributed by atoms with Gasteiger partial charge in [0.15, 0.2) is 0 Å². The molecule has 0 unspecified atom stereocenters. The van der Waals surface area contributed by atoms with Gasteiger partial charge in [-0.3, -0.25) is 4.79 Å². The van der Waals surface area contributed by atoms with Gasteiger partial charge < -0.3 is 14.8 Å². The van der Waals surface area contributed by atoms with Crippen molar-refractivity contribution in [2.45, 2.75) is 31.7 Å². The summed E-state index contributed by atoms with van der Waals surface area (Å²) >= 11 is 0. The second kappa shape index (κ2) is 7.27. The molecule has 1 N–H and O–H groups in total. The van der Waals surface area contributed by atoms with Crippen molar-refractivity contribution >= 4 is 5.91 Å². The number of carbonyl (C=O) groups is 1. The van der Waals surface area contributed by atoms with E-state index in [4.69, 9.17) is 9.47 Å². The van der Waals surface area contributed by atoms with Crippen molar-refractivity contribution in [3.63, 3.8) is 0 Å². The molecular formula is C15H17F4NO3. The van der Waals surface area contributed by atoms with E-state index in [0.717, 1.165) is 18.6 Å². The van der Waals surface area contributed by atoms with Crippen molar-refractivity contribution in [2.24, 2.45) is 0 Å². The fourth-order valence-corrected chi connectivity index (χ4v) is 2.22. The normalized spacial score (nSPS) is 19.6. The van der Waals surface area contributed by atoms with Crippen LogP contribution >= 0.6 is 0 Å². The van der Waals surface area contributed by atoms with Crippen molar-refractivity contribution < 1.29 is 31.8 Å². The highest BCUT2D eigenvalue weighted by atomic mass is 19.4. The molecule has 0 spiro atoms. The maximum Gasteiger partial charge on any atom is 0.417 e. The first-order valence-electron chi connectivity index (χ1n) is 7.14. The van der Waals surface area contributed by atoms with Crippen molar-refractivity contribution in [1.82, 2.24) is 5.32 Å². The number of hydrogen-bond acceptors (Lipinski definition) is 3. The van der Waals surface area contributed by atoms with Crippen LogP contribution in [0.4, 0.5) is 17.6 Å². The van der Waals surface area contributed by atoms with Crippen molar-refractivity contribution in [3.8, 4) is 0 Å². The van der Waals surface area contributed by atoms with Crippen LogP contribution in [0.5, 0.6) is 0 Å². The Morgan fingerprint density at radius 1 is 1.48 bits per heavy atom. The average Bonchev–Trinajstić information content (AvgIpc) is 2.97. The van der Waals surface area contributed by atoms with E-state index in [2.05, 4.69) is 5.32 Å². The van der Waals surface area contributed by atoms with Gasteiger partial charge in [-0.15, -0.1) is 0 Å². The number of rotatable bonds is 5. The van der Waals surface area contributed by atoms with E-state index in [0.29, 0.717) is 19.3 Å². The summed E-state index contributed by atoms with van der Waals surface area (Å²) in [7, 11) is 0. The van der Waals surface area contributed by atoms with Gasteiger partial charge in [0.25, 0.3) is 5.91 Å². The maximum absolute atomic E-state index is 13.0. The quantitative estimate of drug-likeness (QED) is 0.842. The van der Waals surface area contributed by atoms with Gasteiger partial charge in [0.05, 0.1) is 30.4 Å². The van der Waals surface area contributed by atoms with Crippen LogP contribution in [0.15, 0.2) is 18.2 Å². The minimum Gasteiger partial charge on any atom is -0.379 e. The zero-order valence-electron chi connectivity index (χ0n) is 12.5. The van der Waals surface area contributed by atoms with E-state index < -0.39 is 35.1 Å². The maximum atomic E-state index is 13.0. The second-order valence-corrected chi connectivity index (χ2v) is 5.38. The number of amides is 1. The molecule has 0 aromatic heterocycles. The first kappa shape index (κ1) is 17.7. The smallest absolute Gasteiger partial charge is 0.379 e. The molecule has 1 aliphatic rings. The van der Waals surface area contributed by atoms with Crippen LogP contribution in [-0.2, 0) is 15.7 Å². The molecule has 1 aromatic carbocycles. The van der Waals surface area contributed by atoms with Crippen LogP contribution < -0.4 is 5.32 Å². The number of alkyl halides is 3. The number of benzene rings is 1. The van der Waals surface area contributed by atoms with Gasteiger partial charge in [-0.05, 0) is 31.5 Å². The van der Waals surface area contributed by atoms with Gasteiger partial charge in [0.2, 0.25) is 0 Å². The zero-order valence-corrected chi connectivity index (χ0v) is 12.5. The lowest BCUT2D eigenvalue weighted by atomic mass is 10.1. The monoisotopic (exact) mass is 335 g/mol. The molecule has 23 heavy (non-hydrogen) atoms. The summed E-state index contributed by atoms with van der Waals surface area (Å²) in [6.07, 6.45) is -4.13. The van der Waals surface area contributed by atoms with Crippen molar-refractivity contribution in [3.05, 3.63) is 35.1 Å². The minimum absolute atomic E-state index is 0.0640. The molecule has 1 heterocycles. The molecule has 2 rings (SSSR count). The number of nitrogens with one attached hydrogen (secondary N) is 1. The van der Waals surface area contributed by atoms with Gasteiger partial charge in [0.1, 0.15) is 5.82 Å². The third kappa shape index (κ3) is 4.90. The van der Waals surface area contributed by atoms with E-state index in [9.17, 15) is 22.4 Å². The lowest BCUT2D eigenvalue weighted by molar-refractivity contribution is -0.138. The summed E-state index contributed by atoms with van der Waals surface area (Å²) in [6, 6.07) is 1.47. The predicted octanol–water partition coefficient (Wildman–Crippen LogP) is 2.77. The molecule has 1 saturated heterocycles. The lowest BCUT2D eigenvalue weighted by Crippen LogP contribution is -2.38. The molecule has 8 heteroatoms. The van der Waals surface area contributed by atoms with Gasteiger partial charge >= 0.3 is 6.18 Å². The van der Waals surface area contributed by atoms with Crippen LogP contribution in [0, 0.1) is 5.82 Å². The van der Waals surface area contributed by atoms with E-state index >= 15 is 0 Å². The molecule has 1 aliphatic heterocycles. The van der Waals surface area contributed by atoms with Crippen LogP contribution in [0.3, 0.4) is 0 Å². The summed E-state index contributed by atoms with van der Waals surface area (Å²) in [5.41, 5.74) is -1.91. The fraction of sp³-hybridized carbons (Fsp3) is 0.533. The Labute approximate surface area is 130 Å². The second-order valence-electron chi connectivity index (χ2n) is 5.38. The topological polar surface area (TPSA) is 47.6 Å². The number of halogens is 4. The summed E-state index contributed by atoms with van der Waals surface area (Å²) in [5.74, 6) is -1.97. The first-order valence-corrected chi connectivity index (χ1v) is 7.14. The Morgan fingerprint density at radius 2 is 2.22 bits per heavy atom. The van der Waals surface area contributed by atoms with Crippen LogP contribution in [0.25, 0.3) is 0 Å². The highest BCUT2D eigenvalue weighted by Crippen LogP contribution is 2.32. The van der Waals surface area contributed by atoms with E-state index in [1.807, 2.05) is 0 Å². The molecule has 1 aromatic rings. The molecule has 0 aliphatic carbocycles. The average molecular weight is 335 g/mol. The number of hydrogen-bond donors (Lipinski definition) is 1. The summed E-state index contributed by atoms with van der Waals surface area (Å²) in [6.45, 7) is 2.85. The van der Waals surface area contributed by atoms with Gasteiger partial charge in [-0.1, -0.05) is 0 Å². The molecule has 1 fully saturated rings. The molecule has 4 nitrogen and oxygen atoms in total. The van der Waals surface area contributed by atoms with E-state index in [-0.39, 0.29) is 12.7 Å². The van der Waals surface area contributed by atoms with Crippen LogP contribution in [0.2, 0.25) is 0 Å². The standard InChI is InChI=1S/C15H17F4NO3/c1-9(7-23-11-4-5-22-8-11)20-14(21)12-3-2-10(16)6-13(12)15(17,18)19/h2-3,6,9,11H,4-5,7-8H2,1H3,(H,20,21)/t9-,11+/m1/s1. The minimum atomic E-state index is -4.81. The number of ether oxygens (including phenoxy) is 2. The summed E-state index contributed by atoms with van der Waals surface area (Å²) in [5, 5.41) is 2.42. The molecule has 2 atom stereocenters. The molecule has 1 amide bonds. The number of carbonyl (C=O) groups excluding carboxylic acids is 1. The van der Waals surface area contributed by atoms with Gasteiger partial charge in [-0.25, -0.2) is 4.39 Å². The van der Waals surface area contributed by atoms with Gasteiger partial charge in [0, 0.05) is 12.6 Å². The fourth-order valence-electron chi connectivity index (χ4n) is 2.22. The van der Waals surface area contributed by atoms with Crippen molar-refractivity contribution in [1.29, 1.82) is 0 Å². The Morgan fingerprint density at radius 3 is 2.83 bits per heavy atom. The summed E-state index contributed by atoms with van der Waals surface area (Å²) in [4.78, 5) is 12.0. The van der Waals surface area contributed by atoms with Crippen LogP contribution in [0.1, 0.15) is 29.3 Å². The third-order valence-corrected chi connectivity index (χ3v) is 3.38. The molecule has 0 saturated carbocycles. The Kier molecular flexibility index (Phi) is 5.59. The van der Waals surface area contributed by atoms with E-state index in [1.54, 1.807) is 6.92 Å².